The molecule has 0 radical (unpaired) electrons. The minimum atomic E-state index is -0.871. The van der Waals surface area contributed by atoms with Crippen molar-refractivity contribution in [1.82, 2.24) is 9.97 Å². The predicted octanol–water partition coefficient (Wildman–Crippen LogP) is 1.90. The van der Waals surface area contributed by atoms with Gasteiger partial charge in [0, 0.05) is 34.3 Å². The van der Waals surface area contributed by atoms with Crippen LogP contribution in [0.25, 0.3) is 0 Å². The van der Waals surface area contributed by atoms with Crippen LogP contribution in [0.3, 0.4) is 0 Å². The largest absolute Gasteiger partial charge is 0.398 e. The first-order chi connectivity index (χ1) is 7.70. The van der Waals surface area contributed by atoms with E-state index < -0.39 is 6.10 Å². The number of aliphatic hydroxyl groups excluding tert-OH is 1. The lowest BCUT2D eigenvalue weighted by atomic mass is 10.1. The SMILES string of the molecule is Nc1ccncc1C(O)c1ncccc1Br. The summed E-state index contributed by atoms with van der Waals surface area (Å²) >= 11 is 3.34. The Hall–Kier alpha value is -1.46. The van der Waals surface area contributed by atoms with E-state index in [-0.39, 0.29) is 0 Å². The average molecular weight is 280 g/mol. The molecule has 0 saturated heterocycles. The lowest BCUT2D eigenvalue weighted by Gasteiger charge is -2.13. The third-order valence-corrected chi connectivity index (χ3v) is 2.90. The fourth-order valence-corrected chi connectivity index (χ4v) is 1.86. The number of aliphatic hydroxyl groups is 1. The van der Waals surface area contributed by atoms with Crippen LogP contribution in [-0.4, -0.2) is 15.1 Å². The van der Waals surface area contributed by atoms with Crippen molar-refractivity contribution in [3.8, 4) is 0 Å². The van der Waals surface area contributed by atoms with Crippen molar-refractivity contribution in [2.75, 3.05) is 5.73 Å². The number of pyridine rings is 2. The van der Waals surface area contributed by atoms with E-state index in [1.54, 1.807) is 30.7 Å². The topological polar surface area (TPSA) is 72.0 Å². The van der Waals surface area contributed by atoms with E-state index in [1.807, 2.05) is 6.07 Å². The zero-order valence-corrected chi connectivity index (χ0v) is 9.92. The first-order valence-corrected chi connectivity index (χ1v) is 5.47. The number of aromatic nitrogens is 2. The zero-order chi connectivity index (χ0) is 11.5. The van der Waals surface area contributed by atoms with E-state index in [9.17, 15) is 5.11 Å². The molecule has 0 fully saturated rings. The summed E-state index contributed by atoms with van der Waals surface area (Å²) in [5, 5.41) is 10.1. The Morgan fingerprint density at radius 2 is 2.12 bits per heavy atom. The average Bonchev–Trinajstić information content (AvgIpc) is 2.29. The van der Waals surface area contributed by atoms with E-state index in [2.05, 4.69) is 25.9 Å². The molecule has 3 N–H and O–H groups in total. The van der Waals surface area contributed by atoms with Crippen molar-refractivity contribution in [3.05, 3.63) is 52.5 Å². The monoisotopic (exact) mass is 279 g/mol. The molecule has 4 nitrogen and oxygen atoms in total. The number of nitrogens with two attached hydrogens (primary N) is 1. The highest BCUT2D eigenvalue weighted by Gasteiger charge is 2.17. The molecule has 0 bridgehead atoms. The molecular weight excluding hydrogens is 270 g/mol. The van der Waals surface area contributed by atoms with E-state index in [1.165, 1.54) is 0 Å². The highest BCUT2D eigenvalue weighted by molar-refractivity contribution is 9.10. The molecule has 0 saturated carbocycles. The normalized spacial score (nSPS) is 12.4. The Labute approximate surface area is 101 Å². The molecule has 2 aromatic rings. The molecule has 5 heteroatoms. The lowest BCUT2D eigenvalue weighted by Crippen LogP contribution is -2.06. The van der Waals surface area contributed by atoms with Gasteiger partial charge < -0.3 is 10.8 Å². The van der Waals surface area contributed by atoms with Crippen LogP contribution in [-0.2, 0) is 0 Å². The summed E-state index contributed by atoms with van der Waals surface area (Å²) in [6, 6.07) is 5.25. The quantitative estimate of drug-likeness (QED) is 0.881. The minimum absolute atomic E-state index is 0.500. The maximum Gasteiger partial charge on any atom is 0.126 e. The molecule has 2 aromatic heterocycles. The van der Waals surface area contributed by atoms with Crippen LogP contribution in [0.2, 0.25) is 0 Å². The Bertz CT molecular complexity index is 459. The van der Waals surface area contributed by atoms with Crippen LogP contribution in [0.1, 0.15) is 17.4 Å². The molecule has 2 heterocycles. The second-order valence-corrected chi connectivity index (χ2v) is 4.13. The van der Waals surface area contributed by atoms with Crippen LogP contribution >= 0.6 is 15.9 Å². The molecule has 1 unspecified atom stereocenters. The smallest absolute Gasteiger partial charge is 0.126 e. The summed E-state index contributed by atoms with van der Waals surface area (Å²) < 4.78 is 0.741. The number of hydrogen-bond acceptors (Lipinski definition) is 4. The molecule has 0 aliphatic carbocycles. The van der Waals surface area contributed by atoms with Crippen LogP contribution in [0, 0.1) is 0 Å². The first-order valence-electron chi connectivity index (χ1n) is 4.68. The summed E-state index contributed by atoms with van der Waals surface area (Å²) in [5.41, 5.74) is 7.35. The van der Waals surface area contributed by atoms with Gasteiger partial charge in [-0.25, -0.2) is 0 Å². The highest BCUT2D eigenvalue weighted by Crippen LogP contribution is 2.28. The fourth-order valence-electron chi connectivity index (χ4n) is 1.39. The van der Waals surface area contributed by atoms with Gasteiger partial charge in [0.25, 0.3) is 0 Å². The van der Waals surface area contributed by atoms with Gasteiger partial charge in [-0.15, -0.1) is 0 Å². The second kappa shape index (κ2) is 4.59. The number of hydrogen-bond donors (Lipinski definition) is 2. The molecule has 0 aliphatic rings. The standard InChI is InChI=1S/C11H10BrN3O/c12-8-2-1-4-15-10(8)11(16)7-6-14-5-3-9(7)13/h1-6,11,16H,(H2,13,14). The summed E-state index contributed by atoms with van der Waals surface area (Å²) in [4.78, 5) is 8.05. The summed E-state index contributed by atoms with van der Waals surface area (Å²) in [7, 11) is 0. The van der Waals surface area contributed by atoms with Crippen molar-refractivity contribution in [1.29, 1.82) is 0 Å². The van der Waals surface area contributed by atoms with Crippen LogP contribution < -0.4 is 5.73 Å². The summed E-state index contributed by atoms with van der Waals surface area (Å²) in [5.74, 6) is 0. The third-order valence-electron chi connectivity index (χ3n) is 2.23. The van der Waals surface area contributed by atoms with E-state index in [4.69, 9.17) is 5.73 Å². The van der Waals surface area contributed by atoms with Crippen LogP contribution in [0.15, 0.2) is 41.3 Å². The minimum Gasteiger partial charge on any atom is -0.398 e. The van der Waals surface area contributed by atoms with Gasteiger partial charge in [0.15, 0.2) is 0 Å². The highest BCUT2D eigenvalue weighted by atomic mass is 79.9. The molecule has 2 rings (SSSR count). The maximum absolute atomic E-state index is 10.1. The number of nitrogens with zero attached hydrogens (tertiary/aromatic N) is 2. The van der Waals surface area contributed by atoms with Crippen LogP contribution in [0.4, 0.5) is 5.69 Å². The summed E-state index contributed by atoms with van der Waals surface area (Å²) in [6.07, 6.45) is 3.88. The summed E-state index contributed by atoms with van der Waals surface area (Å²) in [6.45, 7) is 0. The molecular formula is C11H10BrN3O. The van der Waals surface area contributed by atoms with Gasteiger partial charge in [0.1, 0.15) is 6.10 Å². The molecule has 0 spiro atoms. The van der Waals surface area contributed by atoms with Crippen LogP contribution in [0.5, 0.6) is 0 Å². The van der Waals surface area contributed by atoms with Gasteiger partial charge in [-0.2, -0.15) is 0 Å². The lowest BCUT2D eigenvalue weighted by molar-refractivity contribution is 0.215. The van der Waals surface area contributed by atoms with Crippen molar-refractivity contribution in [2.24, 2.45) is 0 Å². The van der Waals surface area contributed by atoms with E-state index in [0.717, 1.165) is 4.47 Å². The molecule has 82 valence electrons. The van der Waals surface area contributed by atoms with Crippen molar-refractivity contribution in [3.63, 3.8) is 0 Å². The zero-order valence-electron chi connectivity index (χ0n) is 8.34. The fraction of sp³-hybridized carbons (Fsp3) is 0.0909. The van der Waals surface area contributed by atoms with E-state index >= 15 is 0 Å². The van der Waals surface area contributed by atoms with Gasteiger partial charge in [0.2, 0.25) is 0 Å². The molecule has 0 aliphatic heterocycles. The number of rotatable bonds is 2. The third kappa shape index (κ3) is 2.05. The number of anilines is 1. The van der Waals surface area contributed by atoms with Crippen molar-refractivity contribution in [2.45, 2.75) is 6.10 Å². The van der Waals surface area contributed by atoms with Gasteiger partial charge in [0.05, 0.1) is 5.69 Å². The predicted molar refractivity (Wildman–Crippen MR) is 64.6 cm³/mol. The second-order valence-electron chi connectivity index (χ2n) is 3.28. The Morgan fingerprint density at radius 3 is 2.81 bits per heavy atom. The van der Waals surface area contributed by atoms with Gasteiger partial charge in [-0.3, -0.25) is 9.97 Å². The van der Waals surface area contributed by atoms with Crippen molar-refractivity contribution >= 4 is 21.6 Å². The van der Waals surface area contributed by atoms with Gasteiger partial charge >= 0.3 is 0 Å². The molecule has 16 heavy (non-hydrogen) atoms. The Balaban J connectivity index is 2.44. The number of halogens is 1. The number of nitrogen functional groups attached to an aromatic ring is 1. The first kappa shape index (κ1) is 11.0. The Kier molecular flexibility index (Phi) is 3.17. The van der Waals surface area contributed by atoms with Crippen molar-refractivity contribution < 1.29 is 5.11 Å². The molecule has 1 atom stereocenters. The van der Waals surface area contributed by atoms with Gasteiger partial charge in [-0.1, -0.05) is 0 Å². The molecule has 0 amide bonds. The van der Waals surface area contributed by atoms with E-state index in [0.29, 0.717) is 16.9 Å². The maximum atomic E-state index is 10.1. The Morgan fingerprint density at radius 1 is 1.31 bits per heavy atom. The molecule has 0 aromatic carbocycles. The van der Waals surface area contributed by atoms with Gasteiger partial charge in [-0.05, 0) is 34.1 Å².